The molecule has 6 nitrogen and oxygen atoms in total. The first kappa shape index (κ1) is 19.7. The highest BCUT2D eigenvalue weighted by atomic mass is 32.1. The molecular formula is C24H24N6S. The van der Waals surface area contributed by atoms with Crippen molar-refractivity contribution in [2.75, 3.05) is 11.9 Å². The fourth-order valence-electron chi connectivity index (χ4n) is 4.46. The summed E-state index contributed by atoms with van der Waals surface area (Å²) in [5.41, 5.74) is 4.35. The second-order valence-electron chi connectivity index (χ2n) is 8.01. The van der Waals surface area contributed by atoms with Crippen LogP contribution >= 0.6 is 11.3 Å². The number of nitrogens with one attached hydrogen (secondary N) is 1. The molecule has 1 aromatic carbocycles. The van der Waals surface area contributed by atoms with Gasteiger partial charge in [-0.25, -0.2) is 9.97 Å². The number of piperidine rings is 1. The third kappa shape index (κ3) is 4.05. The quantitative estimate of drug-likeness (QED) is 0.463. The molecule has 0 aliphatic carbocycles. The van der Waals surface area contributed by atoms with Gasteiger partial charge < -0.3 is 9.88 Å². The Balaban J connectivity index is 1.37. The number of nitriles is 1. The van der Waals surface area contributed by atoms with E-state index in [0.717, 1.165) is 30.3 Å². The molecule has 0 saturated carbocycles. The summed E-state index contributed by atoms with van der Waals surface area (Å²) in [4.78, 5) is 11.7. The lowest BCUT2D eigenvalue weighted by Crippen LogP contribution is -2.33. The van der Waals surface area contributed by atoms with Gasteiger partial charge in [-0.3, -0.25) is 4.90 Å². The Hall–Kier alpha value is -3.21. The van der Waals surface area contributed by atoms with E-state index in [1.807, 2.05) is 0 Å². The number of anilines is 2. The van der Waals surface area contributed by atoms with E-state index in [-0.39, 0.29) is 0 Å². The minimum absolute atomic E-state index is 0.318. The highest BCUT2D eigenvalue weighted by Crippen LogP contribution is 2.35. The maximum atomic E-state index is 9.09. The Kier molecular flexibility index (Phi) is 5.41. The molecule has 1 fully saturated rings. The van der Waals surface area contributed by atoms with Crippen molar-refractivity contribution in [1.29, 1.82) is 5.26 Å². The topological polar surface area (TPSA) is 69.8 Å². The molecule has 31 heavy (non-hydrogen) atoms. The molecule has 0 bridgehead atoms. The number of rotatable bonds is 5. The molecule has 1 N–H and O–H groups in total. The van der Waals surface area contributed by atoms with E-state index in [2.05, 4.69) is 68.7 Å². The fraction of sp³-hybridized carbons (Fsp3) is 0.292. The van der Waals surface area contributed by atoms with Crippen LogP contribution in [0.4, 0.5) is 10.9 Å². The highest BCUT2D eigenvalue weighted by Gasteiger charge is 2.27. The van der Waals surface area contributed by atoms with Crippen molar-refractivity contribution in [2.24, 2.45) is 7.05 Å². The number of likely N-dealkylation sites (tertiary alicyclic amines) is 1. The molecule has 7 heteroatoms. The maximum absolute atomic E-state index is 9.09. The highest BCUT2D eigenvalue weighted by molar-refractivity contribution is 7.13. The van der Waals surface area contributed by atoms with Crippen LogP contribution in [0.2, 0.25) is 0 Å². The number of aryl methyl sites for hydroxylation is 1. The summed E-state index contributed by atoms with van der Waals surface area (Å²) in [6, 6.07) is 14.5. The maximum Gasteiger partial charge on any atom is 0.188 e. The Bertz CT molecular complexity index is 1250. The number of para-hydroxylation sites is 1. The average molecular weight is 429 g/mol. The molecule has 1 saturated heterocycles. The number of benzene rings is 1. The van der Waals surface area contributed by atoms with Crippen LogP contribution in [0.25, 0.3) is 10.9 Å². The molecule has 1 aliphatic heterocycles. The molecule has 156 valence electrons. The first-order chi connectivity index (χ1) is 15.2. The van der Waals surface area contributed by atoms with Gasteiger partial charge in [0.2, 0.25) is 0 Å². The lowest BCUT2D eigenvalue weighted by atomic mass is 9.99. The normalized spacial score (nSPS) is 17.0. The molecule has 0 unspecified atom stereocenters. The minimum Gasteiger partial charge on any atom is -0.350 e. The molecule has 1 atom stereocenters. The van der Waals surface area contributed by atoms with Gasteiger partial charge in [0.15, 0.2) is 5.13 Å². The van der Waals surface area contributed by atoms with Crippen LogP contribution in [0.15, 0.2) is 54.2 Å². The van der Waals surface area contributed by atoms with Gasteiger partial charge in [-0.05, 0) is 43.1 Å². The zero-order valence-corrected chi connectivity index (χ0v) is 18.3. The first-order valence-electron chi connectivity index (χ1n) is 10.6. The van der Waals surface area contributed by atoms with Crippen molar-refractivity contribution in [3.63, 3.8) is 0 Å². The zero-order valence-electron chi connectivity index (χ0n) is 17.5. The molecule has 0 radical (unpaired) electrons. The van der Waals surface area contributed by atoms with Crippen LogP contribution in [0.1, 0.15) is 42.1 Å². The van der Waals surface area contributed by atoms with E-state index in [0.29, 0.717) is 17.4 Å². The second kappa shape index (κ2) is 8.50. The minimum atomic E-state index is 0.318. The van der Waals surface area contributed by atoms with Crippen LogP contribution in [-0.4, -0.2) is 26.0 Å². The van der Waals surface area contributed by atoms with Crippen molar-refractivity contribution >= 4 is 33.2 Å². The smallest absolute Gasteiger partial charge is 0.188 e. The Morgan fingerprint density at radius 1 is 1.26 bits per heavy atom. The number of nitrogens with zero attached hydrogens (tertiary/aromatic N) is 5. The number of hydrogen-bond acceptors (Lipinski definition) is 6. The summed E-state index contributed by atoms with van der Waals surface area (Å²) in [7, 11) is 2.12. The summed E-state index contributed by atoms with van der Waals surface area (Å²) < 4.78 is 2.22. The van der Waals surface area contributed by atoms with Gasteiger partial charge in [-0.2, -0.15) is 5.26 Å². The molecule has 5 rings (SSSR count). The molecule has 4 aromatic rings. The van der Waals surface area contributed by atoms with Gasteiger partial charge in [0.25, 0.3) is 0 Å². The van der Waals surface area contributed by atoms with Crippen molar-refractivity contribution < 1.29 is 0 Å². The predicted molar refractivity (Wildman–Crippen MR) is 124 cm³/mol. The molecule has 1 aliphatic rings. The standard InChI is InChI=1S/C24H24N6S/c1-29-14-18(19-6-2-3-7-21(19)29)15-30-11-5-4-8-22(30)20-16-31-24(27-20)28-23-12-17(13-25)9-10-26-23/h2-3,6-7,9-10,12,14,16,22H,4-5,8,11,15H2,1H3,(H,26,27,28)/t22-/m1/s1. The van der Waals surface area contributed by atoms with Gasteiger partial charge in [-0.1, -0.05) is 24.6 Å². The largest absolute Gasteiger partial charge is 0.350 e. The lowest BCUT2D eigenvalue weighted by molar-refractivity contribution is 0.138. The number of fused-ring (bicyclic) bond motifs is 1. The van der Waals surface area contributed by atoms with Crippen LogP contribution in [0.5, 0.6) is 0 Å². The monoisotopic (exact) mass is 428 g/mol. The van der Waals surface area contributed by atoms with E-state index >= 15 is 0 Å². The SMILES string of the molecule is Cn1cc(CN2CCCC[C@@H]2c2csc(Nc3cc(C#N)ccn3)n2)c2ccccc21. The summed E-state index contributed by atoms with van der Waals surface area (Å²) in [5, 5.41) is 16.6. The molecular weight excluding hydrogens is 404 g/mol. The van der Waals surface area contributed by atoms with Crippen LogP contribution in [0.3, 0.4) is 0 Å². The molecule has 0 spiro atoms. The number of hydrogen-bond donors (Lipinski definition) is 1. The molecule has 0 amide bonds. The lowest BCUT2D eigenvalue weighted by Gasteiger charge is -2.34. The Morgan fingerprint density at radius 3 is 3.06 bits per heavy atom. The van der Waals surface area contributed by atoms with Crippen molar-refractivity contribution in [1.82, 2.24) is 19.4 Å². The van der Waals surface area contributed by atoms with Gasteiger partial charge in [0.1, 0.15) is 5.82 Å². The predicted octanol–water partition coefficient (Wildman–Crippen LogP) is 5.37. The van der Waals surface area contributed by atoms with E-state index < -0.39 is 0 Å². The molecule has 4 heterocycles. The van der Waals surface area contributed by atoms with Crippen LogP contribution in [-0.2, 0) is 13.6 Å². The van der Waals surface area contributed by atoms with E-state index in [9.17, 15) is 0 Å². The summed E-state index contributed by atoms with van der Waals surface area (Å²) in [6.45, 7) is 2.01. The van der Waals surface area contributed by atoms with Crippen molar-refractivity contribution in [2.45, 2.75) is 31.8 Å². The molecule has 3 aromatic heterocycles. The zero-order chi connectivity index (χ0) is 21.2. The average Bonchev–Trinajstić information content (AvgIpc) is 3.39. The summed E-state index contributed by atoms with van der Waals surface area (Å²) >= 11 is 1.59. The fourth-order valence-corrected chi connectivity index (χ4v) is 5.22. The van der Waals surface area contributed by atoms with Crippen molar-refractivity contribution in [3.8, 4) is 6.07 Å². The first-order valence-corrected chi connectivity index (χ1v) is 11.4. The van der Waals surface area contributed by atoms with Gasteiger partial charge in [-0.15, -0.1) is 11.3 Å². The summed E-state index contributed by atoms with van der Waals surface area (Å²) in [5.74, 6) is 0.649. The van der Waals surface area contributed by atoms with Gasteiger partial charge >= 0.3 is 0 Å². The number of pyridine rings is 1. The van der Waals surface area contributed by atoms with Crippen LogP contribution in [0, 0.1) is 11.3 Å². The van der Waals surface area contributed by atoms with E-state index in [4.69, 9.17) is 10.2 Å². The van der Waals surface area contributed by atoms with E-state index in [1.54, 1.807) is 29.7 Å². The van der Waals surface area contributed by atoms with Crippen molar-refractivity contribution in [3.05, 3.63) is 71.0 Å². The second-order valence-corrected chi connectivity index (χ2v) is 8.87. The number of aromatic nitrogens is 3. The third-order valence-electron chi connectivity index (χ3n) is 5.95. The Labute approximate surface area is 185 Å². The van der Waals surface area contributed by atoms with Gasteiger partial charge in [0, 0.05) is 42.3 Å². The Morgan fingerprint density at radius 2 is 2.16 bits per heavy atom. The summed E-state index contributed by atoms with van der Waals surface area (Å²) in [6.07, 6.45) is 7.47. The third-order valence-corrected chi connectivity index (χ3v) is 6.73. The number of thiazole rings is 1. The van der Waals surface area contributed by atoms with Crippen LogP contribution < -0.4 is 5.32 Å². The van der Waals surface area contributed by atoms with E-state index in [1.165, 1.54) is 29.3 Å². The van der Waals surface area contributed by atoms with Gasteiger partial charge in [0.05, 0.1) is 23.4 Å².